The standard InChI is InChI=1S/C12H11FN2/c1-9-2-5-12(8-14-9)15-11-6-3-10(13)4-7-11/h2-8,15H,1H3. The molecule has 0 aliphatic rings. The molecule has 0 saturated heterocycles. The van der Waals surface area contributed by atoms with E-state index >= 15 is 0 Å². The highest BCUT2D eigenvalue weighted by atomic mass is 19.1. The lowest BCUT2D eigenvalue weighted by atomic mass is 10.3. The van der Waals surface area contributed by atoms with E-state index in [0.717, 1.165) is 17.1 Å². The van der Waals surface area contributed by atoms with Gasteiger partial charge in [-0.15, -0.1) is 0 Å². The molecule has 15 heavy (non-hydrogen) atoms. The van der Waals surface area contributed by atoms with Gasteiger partial charge in [0.05, 0.1) is 11.9 Å². The Hall–Kier alpha value is -1.90. The number of rotatable bonds is 2. The molecule has 2 aromatic rings. The van der Waals surface area contributed by atoms with Crippen molar-refractivity contribution in [3.63, 3.8) is 0 Å². The van der Waals surface area contributed by atoms with Gasteiger partial charge < -0.3 is 5.32 Å². The SMILES string of the molecule is Cc1ccc(Nc2ccc(F)cc2)cn1. The minimum absolute atomic E-state index is 0.234. The van der Waals surface area contributed by atoms with Crippen LogP contribution < -0.4 is 5.32 Å². The molecule has 0 radical (unpaired) electrons. The molecular formula is C12H11FN2. The van der Waals surface area contributed by atoms with E-state index in [-0.39, 0.29) is 5.82 Å². The number of nitrogens with zero attached hydrogens (tertiary/aromatic N) is 1. The molecule has 1 aromatic heterocycles. The molecule has 0 atom stereocenters. The van der Waals surface area contributed by atoms with Crippen LogP contribution in [0.2, 0.25) is 0 Å². The predicted molar refractivity (Wildman–Crippen MR) is 58.7 cm³/mol. The third-order valence-electron chi connectivity index (χ3n) is 2.04. The van der Waals surface area contributed by atoms with Gasteiger partial charge in [0.1, 0.15) is 5.82 Å². The van der Waals surface area contributed by atoms with Gasteiger partial charge in [-0.25, -0.2) is 4.39 Å². The second kappa shape index (κ2) is 4.09. The van der Waals surface area contributed by atoms with Crippen LogP contribution >= 0.6 is 0 Å². The van der Waals surface area contributed by atoms with Gasteiger partial charge in [0.2, 0.25) is 0 Å². The average molecular weight is 202 g/mol. The van der Waals surface area contributed by atoms with Crippen molar-refractivity contribution in [1.29, 1.82) is 0 Å². The van der Waals surface area contributed by atoms with E-state index in [4.69, 9.17) is 0 Å². The van der Waals surface area contributed by atoms with E-state index in [1.165, 1.54) is 12.1 Å². The fraction of sp³-hybridized carbons (Fsp3) is 0.0833. The first kappa shape index (κ1) is 9.65. The maximum Gasteiger partial charge on any atom is 0.123 e. The maximum atomic E-state index is 12.6. The molecular weight excluding hydrogens is 191 g/mol. The summed E-state index contributed by atoms with van der Waals surface area (Å²) < 4.78 is 12.6. The zero-order valence-corrected chi connectivity index (χ0v) is 8.37. The first-order chi connectivity index (χ1) is 7.24. The Balaban J connectivity index is 2.15. The number of benzene rings is 1. The Labute approximate surface area is 87.8 Å². The van der Waals surface area contributed by atoms with Gasteiger partial charge in [0, 0.05) is 11.4 Å². The van der Waals surface area contributed by atoms with Gasteiger partial charge in [0.25, 0.3) is 0 Å². The Bertz CT molecular complexity index is 391. The molecule has 0 saturated carbocycles. The molecule has 2 rings (SSSR count). The Kier molecular flexibility index (Phi) is 2.63. The molecule has 1 heterocycles. The lowest BCUT2D eigenvalue weighted by Crippen LogP contribution is -1.91. The maximum absolute atomic E-state index is 12.6. The molecule has 0 amide bonds. The summed E-state index contributed by atoms with van der Waals surface area (Å²) in [4.78, 5) is 4.16. The van der Waals surface area contributed by atoms with Crippen LogP contribution in [0.5, 0.6) is 0 Å². The third-order valence-corrected chi connectivity index (χ3v) is 2.04. The minimum Gasteiger partial charge on any atom is -0.354 e. The number of aromatic nitrogens is 1. The molecule has 1 N–H and O–H groups in total. The van der Waals surface area contributed by atoms with Crippen LogP contribution in [-0.4, -0.2) is 4.98 Å². The number of pyridine rings is 1. The van der Waals surface area contributed by atoms with Crippen LogP contribution in [0.25, 0.3) is 0 Å². The topological polar surface area (TPSA) is 24.9 Å². The van der Waals surface area contributed by atoms with Crippen LogP contribution in [0.3, 0.4) is 0 Å². The number of aryl methyl sites for hydroxylation is 1. The first-order valence-corrected chi connectivity index (χ1v) is 4.69. The van der Waals surface area contributed by atoms with Crippen LogP contribution in [-0.2, 0) is 0 Å². The van der Waals surface area contributed by atoms with Crippen molar-refractivity contribution in [2.75, 3.05) is 5.32 Å². The highest BCUT2D eigenvalue weighted by molar-refractivity contribution is 5.58. The Morgan fingerprint density at radius 3 is 2.27 bits per heavy atom. The van der Waals surface area contributed by atoms with Crippen molar-refractivity contribution < 1.29 is 4.39 Å². The van der Waals surface area contributed by atoms with E-state index in [0.29, 0.717) is 0 Å². The first-order valence-electron chi connectivity index (χ1n) is 4.69. The van der Waals surface area contributed by atoms with Gasteiger partial charge in [0.15, 0.2) is 0 Å². The fourth-order valence-corrected chi connectivity index (χ4v) is 1.24. The second-order valence-corrected chi connectivity index (χ2v) is 3.32. The van der Waals surface area contributed by atoms with Crippen LogP contribution in [0, 0.1) is 12.7 Å². The molecule has 76 valence electrons. The lowest BCUT2D eigenvalue weighted by molar-refractivity contribution is 0.628. The highest BCUT2D eigenvalue weighted by Gasteiger charge is 1.95. The molecule has 0 spiro atoms. The fourth-order valence-electron chi connectivity index (χ4n) is 1.24. The van der Waals surface area contributed by atoms with Gasteiger partial charge in [-0.2, -0.15) is 0 Å². The van der Waals surface area contributed by atoms with Crippen LogP contribution in [0.4, 0.5) is 15.8 Å². The molecule has 0 fully saturated rings. The van der Waals surface area contributed by atoms with Gasteiger partial charge in [-0.1, -0.05) is 0 Å². The largest absolute Gasteiger partial charge is 0.354 e. The zero-order valence-electron chi connectivity index (χ0n) is 8.37. The molecule has 2 nitrogen and oxygen atoms in total. The third kappa shape index (κ3) is 2.53. The molecule has 0 aliphatic heterocycles. The monoisotopic (exact) mass is 202 g/mol. The van der Waals surface area contributed by atoms with Gasteiger partial charge in [-0.3, -0.25) is 4.98 Å². The molecule has 0 aliphatic carbocycles. The average Bonchev–Trinajstić information content (AvgIpc) is 2.25. The highest BCUT2D eigenvalue weighted by Crippen LogP contribution is 2.15. The van der Waals surface area contributed by atoms with Crippen molar-refractivity contribution in [3.05, 3.63) is 54.1 Å². The molecule has 0 bridgehead atoms. The second-order valence-electron chi connectivity index (χ2n) is 3.32. The zero-order chi connectivity index (χ0) is 10.7. The summed E-state index contributed by atoms with van der Waals surface area (Å²) in [7, 11) is 0. The summed E-state index contributed by atoms with van der Waals surface area (Å²) >= 11 is 0. The molecule has 0 unspecified atom stereocenters. The van der Waals surface area contributed by atoms with Crippen molar-refractivity contribution in [2.24, 2.45) is 0 Å². The van der Waals surface area contributed by atoms with Crippen LogP contribution in [0.1, 0.15) is 5.69 Å². The predicted octanol–water partition coefficient (Wildman–Crippen LogP) is 3.27. The minimum atomic E-state index is -0.234. The van der Waals surface area contributed by atoms with E-state index in [2.05, 4.69) is 10.3 Å². The van der Waals surface area contributed by atoms with Crippen molar-refractivity contribution in [3.8, 4) is 0 Å². The molecule has 3 heteroatoms. The van der Waals surface area contributed by atoms with Gasteiger partial charge >= 0.3 is 0 Å². The van der Waals surface area contributed by atoms with Crippen molar-refractivity contribution in [1.82, 2.24) is 4.98 Å². The van der Waals surface area contributed by atoms with E-state index in [1.54, 1.807) is 18.3 Å². The summed E-state index contributed by atoms with van der Waals surface area (Å²) in [6.07, 6.45) is 1.75. The quantitative estimate of drug-likeness (QED) is 0.808. The number of nitrogens with one attached hydrogen (secondary N) is 1. The van der Waals surface area contributed by atoms with E-state index < -0.39 is 0 Å². The number of hydrogen-bond donors (Lipinski definition) is 1. The summed E-state index contributed by atoms with van der Waals surface area (Å²) in [6, 6.07) is 10.1. The Morgan fingerprint density at radius 2 is 1.67 bits per heavy atom. The smallest absolute Gasteiger partial charge is 0.123 e. The Morgan fingerprint density at radius 1 is 1.00 bits per heavy atom. The number of hydrogen-bond acceptors (Lipinski definition) is 2. The summed E-state index contributed by atoms with van der Waals surface area (Å²) in [5, 5.41) is 3.13. The van der Waals surface area contributed by atoms with Crippen molar-refractivity contribution in [2.45, 2.75) is 6.92 Å². The normalized spacial score (nSPS) is 10.0. The summed E-state index contributed by atoms with van der Waals surface area (Å²) in [5.41, 5.74) is 2.72. The van der Waals surface area contributed by atoms with Crippen LogP contribution in [0.15, 0.2) is 42.6 Å². The van der Waals surface area contributed by atoms with Gasteiger partial charge in [-0.05, 0) is 43.3 Å². The summed E-state index contributed by atoms with van der Waals surface area (Å²) in [5.74, 6) is -0.234. The van der Waals surface area contributed by atoms with Crippen molar-refractivity contribution >= 4 is 11.4 Å². The summed E-state index contributed by atoms with van der Waals surface area (Å²) in [6.45, 7) is 1.93. The number of anilines is 2. The lowest BCUT2D eigenvalue weighted by Gasteiger charge is -2.05. The van der Waals surface area contributed by atoms with E-state index in [9.17, 15) is 4.39 Å². The molecule has 1 aromatic carbocycles. The van der Waals surface area contributed by atoms with E-state index in [1.807, 2.05) is 19.1 Å². The number of halogens is 1.